The van der Waals surface area contributed by atoms with E-state index >= 15 is 0 Å². The molecule has 0 radical (unpaired) electrons. The summed E-state index contributed by atoms with van der Waals surface area (Å²) in [6.07, 6.45) is 1.65. The van der Waals surface area contributed by atoms with Crippen molar-refractivity contribution in [2.75, 3.05) is 13.7 Å². The molecule has 1 N–H and O–H groups in total. The number of aliphatic hydroxyl groups is 1. The fourth-order valence-electron chi connectivity index (χ4n) is 1.29. The Morgan fingerprint density at radius 3 is 2.78 bits per heavy atom. The van der Waals surface area contributed by atoms with Crippen LogP contribution < -0.4 is 10.2 Å². The molecule has 0 saturated carbocycles. The Hall–Kier alpha value is -1.82. The lowest BCUT2D eigenvalue weighted by molar-refractivity contribution is 0.0547. The Labute approximate surface area is 104 Å². The van der Waals surface area contributed by atoms with Crippen molar-refractivity contribution in [3.63, 3.8) is 0 Å². The van der Waals surface area contributed by atoms with E-state index in [4.69, 9.17) is 14.3 Å². The zero-order valence-electron chi connectivity index (χ0n) is 10.4. The van der Waals surface area contributed by atoms with Gasteiger partial charge in [0, 0.05) is 6.07 Å². The molecule has 6 heteroatoms. The molecule has 0 atom stereocenters. The third-order valence-electron chi connectivity index (χ3n) is 2.23. The molecular formula is C12H16O6. The molecule has 0 aliphatic rings. The van der Waals surface area contributed by atoms with E-state index in [1.165, 1.54) is 7.11 Å². The Morgan fingerprint density at radius 1 is 1.50 bits per heavy atom. The van der Waals surface area contributed by atoms with Crippen molar-refractivity contribution in [3.05, 3.63) is 27.8 Å². The van der Waals surface area contributed by atoms with Crippen LogP contribution in [0.4, 0.5) is 0 Å². The number of carbonyl (C=O) groups is 1. The number of carbonyl (C=O) groups excluding carboxylic acids is 1. The van der Waals surface area contributed by atoms with Crippen molar-refractivity contribution in [2.24, 2.45) is 0 Å². The molecule has 0 spiro atoms. The third-order valence-corrected chi connectivity index (χ3v) is 2.23. The number of methoxy groups -OCH3 is 1. The summed E-state index contributed by atoms with van der Waals surface area (Å²) in [5.74, 6) is -1.31. The first-order chi connectivity index (χ1) is 8.63. The molecule has 6 nitrogen and oxygen atoms in total. The van der Waals surface area contributed by atoms with Crippen LogP contribution in [0.15, 0.2) is 15.3 Å². The second-order valence-electron chi connectivity index (χ2n) is 3.59. The Bertz CT molecular complexity index is 462. The highest BCUT2D eigenvalue weighted by Gasteiger charge is 2.21. The summed E-state index contributed by atoms with van der Waals surface area (Å²) in [6, 6.07) is 1.09. The fourth-order valence-corrected chi connectivity index (χ4v) is 1.29. The van der Waals surface area contributed by atoms with Crippen LogP contribution in [0.25, 0.3) is 0 Å². The average Bonchev–Trinajstić information content (AvgIpc) is 2.39. The van der Waals surface area contributed by atoms with Gasteiger partial charge in [-0.25, -0.2) is 4.79 Å². The highest BCUT2D eigenvalue weighted by atomic mass is 16.5. The highest BCUT2D eigenvalue weighted by molar-refractivity contribution is 5.89. The number of aliphatic hydroxyl groups excluding tert-OH is 1. The van der Waals surface area contributed by atoms with E-state index in [2.05, 4.69) is 4.74 Å². The highest BCUT2D eigenvalue weighted by Crippen LogP contribution is 2.17. The van der Waals surface area contributed by atoms with Gasteiger partial charge in [-0.3, -0.25) is 4.79 Å². The van der Waals surface area contributed by atoms with Gasteiger partial charge in [0.05, 0.1) is 13.7 Å². The predicted molar refractivity (Wildman–Crippen MR) is 62.6 cm³/mol. The van der Waals surface area contributed by atoms with Crippen molar-refractivity contribution in [2.45, 2.75) is 26.4 Å². The monoisotopic (exact) mass is 256 g/mol. The number of unbranched alkanes of at least 4 members (excludes halogenated alkanes) is 1. The standard InChI is InChI=1S/C12H16O6/c1-3-4-5-17-10-9(14)6-8(7-13)18-11(10)12(15)16-2/h6,13H,3-5,7H2,1-2H3. The van der Waals surface area contributed by atoms with Gasteiger partial charge in [-0.2, -0.15) is 0 Å². The van der Waals surface area contributed by atoms with Crippen molar-refractivity contribution in [3.8, 4) is 5.75 Å². The van der Waals surface area contributed by atoms with Crippen LogP contribution in [0, 0.1) is 0 Å². The number of esters is 1. The zero-order chi connectivity index (χ0) is 13.5. The van der Waals surface area contributed by atoms with E-state index in [0.29, 0.717) is 6.61 Å². The molecule has 1 aromatic rings. The second kappa shape index (κ2) is 6.80. The molecule has 0 aliphatic carbocycles. The largest absolute Gasteiger partial charge is 0.486 e. The quantitative estimate of drug-likeness (QED) is 0.606. The second-order valence-corrected chi connectivity index (χ2v) is 3.59. The van der Waals surface area contributed by atoms with Gasteiger partial charge in [0.2, 0.25) is 11.2 Å². The molecule has 100 valence electrons. The lowest BCUT2D eigenvalue weighted by Crippen LogP contribution is -2.16. The van der Waals surface area contributed by atoms with Gasteiger partial charge in [0.1, 0.15) is 12.4 Å². The summed E-state index contributed by atoms with van der Waals surface area (Å²) in [5.41, 5.74) is -0.512. The Balaban J connectivity index is 3.12. The number of ether oxygens (including phenoxy) is 2. The van der Waals surface area contributed by atoms with E-state index in [9.17, 15) is 9.59 Å². The smallest absolute Gasteiger partial charge is 0.378 e. The first-order valence-corrected chi connectivity index (χ1v) is 5.63. The Morgan fingerprint density at radius 2 is 2.22 bits per heavy atom. The van der Waals surface area contributed by atoms with Crippen molar-refractivity contribution >= 4 is 5.97 Å². The molecule has 0 aliphatic heterocycles. The predicted octanol–water partition coefficient (Wildman–Crippen LogP) is 1.10. The van der Waals surface area contributed by atoms with Crippen molar-refractivity contribution in [1.82, 2.24) is 0 Å². The van der Waals surface area contributed by atoms with Crippen LogP contribution in [0.2, 0.25) is 0 Å². The van der Waals surface area contributed by atoms with E-state index in [1.807, 2.05) is 6.92 Å². The average molecular weight is 256 g/mol. The van der Waals surface area contributed by atoms with E-state index in [1.54, 1.807) is 0 Å². The fraction of sp³-hybridized carbons (Fsp3) is 0.500. The maximum absolute atomic E-state index is 11.7. The molecule has 0 aromatic carbocycles. The molecular weight excluding hydrogens is 240 g/mol. The molecule has 1 aromatic heterocycles. The molecule has 0 unspecified atom stereocenters. The number of rotatable bonds is 6. The van der Waals surface area contributed by atoms with Gasteiger partial charge in [-0.15, -0.1) is 0 Å². The SMILES string of the molecule is CCCCOc1c(C(=O)OC)oc(CO)cc1=O. The van der Waals surface area contributed by atoms with Gasteiger partial charge in [-0.1, -0.05) is 13.3 Å². The van der Waals surface area contributed by atoms with Crippen LogP contribution in [0.5, 0.6) is 5.75 Å². The minimum Gasteiger partial charge on any atom is -0.486 e. The van der Waals surface area contributed by atoms with E-state index in [-0.39, 0.29) is 17.3 Å². The molecule has 0 bridgehead atoms. The van der Waals surface area contributed by atoms with Crippen LogP contribution in [-0.4, -0.2) is 24.8 Å². The summed E-state index contributed by atoms with van der Waals surface area (Å²) in [5, 5.41) is 8.92. The summed E-state index contributed by atoms with van der Waals surface area (Å²) in [4.78, 5) is 23.2. The van der Waals surface area contributed by atoms with Crippen molar-refractivity contribution < 1.29 is 23.8 Å². The lowest BCUT2D eigenvalue weighted by Gasteiger charge is -2.09. The number of hydrogen-bond acceptors (Lipinski definition) is 6. The lowest BCUT2D eigenvalue weighted by atomic mass is 10.3. The molecule has 18 heavy (non-hydrogen) atoms. The summed E-state index contributed by atoms with van der Waals surface area (Å²) < 4.78 is 14.8. The Kier molecular flexibility index (Phi) is 5.38. The zero-order valence-corrected chi connectivity index (χ0v) is 10.4. The van der Waals surface area contributed by atoms with Crippen molar-refractivity contribution in [1.29, 1.82) is 0 Å². The maximum Gasteiger partial charge on any atom is 0.378 e. The van der Waals surface area contributed by atoms with Crippen LogP contribution in [0.3, 0.4) is 0 Å². The van der Waals surface area contributed by atoms with Gasteiger partial charge in [0.25, 0.3) is 5.76 Å². The van der Waals surface area contributed by atoms with Gasteiger partial charge in [-0.05, 0) is 6.42 Å². The first kappa shape index (κ1) is 14.2. The molecule has 1 rings (SSSR count). The normalized spacial score (nSPS) is 10.2. The van der Waals surface area contributed by atoms with Gasteiger partial charge in [0.15, 0.2) is 0 Å². The van der Waals surface area contributed by atoms with Crippen LogP contribution in [-0.2, 0) is 11.3 Å². The summed E-state index contributed by atoms with van der Waals surface area (Å²) >= 11 is 0. The summed E-state index contributed by atoms with van der Waals surface area (Å²) in [7, 11) is 1.17. The molecule has 0 fully saturated rings. The maximum atomic E-state index is 11.7. The molecule has 0 saturated heterocycles. The van der Waals surface area contributed by atoms with Crippen LogP contribution in [0.1, 0.15) is 36.1 Å². The van der Waals surface area contributed by atoms with E-state index < -0.39 is 18.0 Å². The summed E-state index contributed by atoms with van der Waals surface area (Å²) in [6.45, 7) is 1.81. The van der Waals surface area contributed by atoms with E-state index in [0.717, 1.165) is 18.9 Å². The minimum atomic E-state index is -0.811. The third kappa shape index (κ3) is 3.33. The van der Waals surface area contributed by atoms with Gasteiger partial charge < -0.3 is 19.0 Å². The topological polar surface area (TPSA) is 86.0 Å². The first-order valence-electron chi connectivity index (χ1n) is 5.63. The van der Waals surface area contributed by atoms with Gasteiger partial charge >= 0.3 is 5.97 Å². The minimum absolute atomic E-state index is 0.0109. The van der Waals surface area contributed by atoms with Crippen LogP contribution >= 0.6 is 0 Å². The molecule has 1 heterocycles. The number of hydrogen-bond donors (Lipinski definition) is 1. The molecule has 0 amide bonds.